The Kier molecular flexibility index (Phi) is 3.72. The third kappa shape index (κ3) is 2.93. The van der Waals surface area contributed by atoms with Crippen molar-refractivity contribution in [2.75, 3.05) is 0 Å². The molecular formula is C15H15F2N. The molecule has 1 atom stereocenters. The van der Waals surface area contributed by atoms with Crippen molar-refractivity contribution in [2.45, 2.75) is 19.4 Å². The number of hydrogen-bond acceptors (Lipinski definition) is 1. The molecule has 2 N–H and O–H groups in total. The van der Waals surface area contributed by atoms with Crippen LogP contribution in [0.25, 0.3) is 0 Å². The van der Waals surface area contributed by atoms with Crippen molar-refractivity contribution in [3.63, 3.8) is 0 Å². The molecule has 0 heterocycles. The van der Waals surface area contributed by atoms with Crippen LogP contribution >= 0.6 is 0 Å². The minimum absolute atomic E-state index is 0.302. The zero-order valence-electron chi connectivity index (χ0n) is 10.2. The van der Waals surface area contributed by atoms with Gasteiger partial charge >= 0.3 is 0 Å². The molecule has 0 saturated heterocycles. The summed E-state index contributed by atoms with van der Waals surface area (Å²) in [5, 5.41) is 0. The van der Waals surface area contributed by atoms with E-state index in [0.717, 1.165) is 11.1 Å². The van der Waals surface area contributed by atoms with Crippen LogP contribution in [0.3, 0.4) is 0 Å². The molecule has 1 nitrogen and oxygen atoms in total. The van der Waals surface area contributed by atoms with E-state index in [-0.39, 0.29) is 11.6 Å². The monoisotopic (exact) mass is 247 g/mol. The summed E-state index contributed by atoms with van der Waals surface area (Å²) in [6.45, 7) is 1.82. The molecule has 0 aliphatic carbocycles. The Hall–Kier alpha value is -1.74. The first-order valence-corrected chi connectivity index (χ1v) is 5.82. The van der Waals surface area contributed by atoms with Gasteiger partial charge in [0, 0.05) is 11.6 Å². The van der Waals surface area contributed by atoms with Crippen molar-refractivity contribution < 1.29 is 8.78 Å². The van der Waals surface area contributed by atoms with E-state index in [0.29, 0.717) is 12.0 Å². The van der Waals surface area contributed by atoms with Gasteiger partial charge in [0.1, 0.15) is 11.6 Å². The maximum atomic E-state index is 13.7. The summed E-state index contributed by atoms with van der Waals surface area (Å²) in [5.41, 5.74) is 8.05. The van der Waals surface area contributed by atoms with E-state index in [1.165, 1.54) is 18.2 Å². The molecule has 2 rings (SSSR count). The number of rotatable bonds is 3. The van der Waals surface area contributed by atoms with E-state index in [9.17, 15) is 8.78 Å². The van der Waals surface area contributed by atoms with Crippen molar-refractivity contribution in [3.8, 4) is 0 Å². The zero-order valence-corrected chi connectivity index (χ0v) is 10.2. The molecule has 0 saturated carbocycles. The normalized spacial score (nSPS) is 12.4. The second-order valence-corrected chi connectivity index (χ2v) is 4.47. The molecule has 3 heteroatoms. The summed E-state index contributed by atoms with van der Waals surface area (Å²) >= 11 is 0. The summed E-state index contributed by atoms with van der Waals surface area (Å²) < 4.78 is 26.8. The van der Waals surface area contributed by atoms with Gasteiger partial charge in [0.05, 0.1) is 0 Å². The maximum Gasteiger partial charge on any atom is 0.128 e. The molecule has 0 aliphatic rings. The van der Waals surface area contributed by atoms with Gasteiger partial charge in [0.15, 0.2) is 0 Å². The van der Waals surface area contributed by atoms with Crippen LogP contribution in [0.4, 0.5) is 8.78 Å². The SMILES string of the molecule is Cc1ccc(C(N)Cc2cccc(F)c2)c(F)c1. The standard InChI is InChI=1S/C15H15F2N/c1-10-5-6-13(14(17)7-10)15(18)9-11-3-2-4-12(16)8-11/h2-8,15H,9,18H2,1H3. The molecule has 2 aromatic rings. The predicted molar refractivity (Wildman–Crippen MR) is 68.2 cm³/mol. The van der Waals surface area contributed by atoms with Crippen LogP contribution in [0.2, 0.25) is 0 Å². The first kappa shape index (κ1) is 12.7. The highest BCUT2D eigenvalue weighted by atomic mass is 19.1. The van der Waals surface area contributed by atoms with Gasteiger partial charge in [0.25, 0.3) is 0 Å². The second kappa shape index (κ2) is 5.27. The fourth-order valence-electron chi connectivity index (χ4n) is 1.96. The molecule has 2 aromatic carbocycles. The Balaban J connectivity index is 2.19. The predicted octanol–water partition coefficient (Wildman–Crippen LogP) is 3.52. The lowest BCUT2D eigenvalue weighted by atomic mass is 9.98. The molecule has 0 aliphatic heterocycles. The van der Waals surface area contributed by atoms with E-state index in [4.69, 9.17) is 5.73 Å². The van der Waals surface area contributed by atoms with E-state index in [2.05, 4.69) is 0 Å². The van der Waals surface area contributed by atoms with Gasteiger partial charge in [-0.25, -0.2) is 8.78 Å². The van der Waals surface area contributed by atoms with Crippen LogP contribution in [0.15, 0.2) is 42.5 Å². The molecule has 0 radical (unpaired) electrons. The van der Waals surface area contributed by atoms with Crippen LogP contribution < -0.4 is 5.73 Å². The number of aryl methyl sites for hydroxylation is 1. The number of benzene rings is 2. The average molecular weight is 247 g/mol. The van der Waals surface area contributed by atoms with Crippen LogP contribution in [-0.4, -0.2) is 0 Å². The Bertz CT molecular complexity index is 552. The highest BCUT2D eigenvalue weighted by Crippen LogP contribution is 2.20. The smallest absolute Gasteiger partial charge is 0.128 e. The Morgan fingerprint density at radius 2 is 1.89 bits per heavy atom. The summed E-state index contributed by atoms with van der Waals surface area (Å²) in [7, 11) is 0. The lowest BCUT2D eigenvalue weighted by molar-refractivity contribution is 0.577. The minimum Gasteiger partial charge on any atom is -0.324 e. The van der Waals surface area contributed by atoms with Crippen LogP contribution in [0, 0.1) is 18.6 Å². The quantitative estimate of drug-likeness (QED) is 0.882. The van der Waals surface area contributed by atoms with Crippen LogP contribution in [0.1, 0.15) is 22.7 Å². The largest absolute Gasteiger partial charge is 0.324 e. The van der Waals surface area contributed by atoms with Crippen LogP contribution in [-0.2, 0) is 6.42 Å². The van der Waals surface area contributed by atoms with Crippen molar-refractivity contribution in [3.05, 3.63) is 70.8 Å². The first-order chi connectivity index (χ1) is 8.56. The molecule has 94 valence electrons. The van der Waals surface area contributed by atoms with Gasteiger partial charge in [-0.15, -0.1) is 0 Å². The fourth-order valence-corrected chi connectivity index (χ4v) is 1.96. The van der Waals surface area contributed by atoms with E-state index in [1.54, 1.807) is 18.2 Å². The summed E-state index contributed by atoms with van der Waals surface area (Å²) in [6.07, 6.45) is 0.414. The third-order valence-electron chi connectivity index (χ3n) is 2.90. The number of hydrogen-bond donors (Lipinski definition) is 1. The second-order valence-electron chi connectivity index (χ2n) is 4.47. The lowest BCUT2D eigenvalue weighted by Crippen LogP contribution is -2.15. The molecule has 1 unspecified atom stereocenters. The van der Waals surface area contributed by atoms with Crippen molar-refractivity contribution >= 4 is 0 Å². The molecule has 0 bridgehead atoms. The van der Waals surface area contributed by atoms with Gasteiger partial charge in [-0.2, -0.15) is 0 Å². The first-order valence-electron chi connectivity index (χ1n) is 5.82. The topological polar surface area (TPSA) is 26.0 Å². The fraction of sp³-hybridized carbons (Fsp3) is 0.200. The van der Waals surface area contributed by atoms with Gasteiger partial charge in [-0.1, -0.05) is 24.3 Å². The Morgan fingerprint density at radius 3 is 2.56 bits per heavy atom. The van der Waals surface area contributed by atoms with Crippen molar-refractivity contribution in [2.24, 2.45) is 5.73 Å². The van der Waals surface area contributed by atoms with Gasteiger partial charge in [-0.05, 0) is 42.7 Å². The highest BCUT2D eigenvalue weighted by molar-refractivity contribution is 5.28. The molecule has 0 spiro atoms. The van der Waals surface area contributed by atoms with E-state index >= 15 is 0 Å². The van der Waals surface area contributed by atoms with Crippen LogP contribution in [0.5, 0.6) is 0 Å². The summed E-state index contributed by atoms with van der Waals surface area (Å²) in [4.78, 5) is 0. The highest BCUT2D eigenvalue weighted by Gasteiger charge is 2.12. The van der Waals surface area contributed by atoms with E-state index < -0.39 is 6.04 Å². The van der Waals surface area contributed by atoms with Gasteiger partial charge in [0.2, 0.25) is 0 Å². The molecule has 0 fully saturated rings. The van der Waals surface area contributed by atoms with Crippen molar-refractivity contribution in [1.29, 1.82) is 0 Å². The zero-order chi connectivity index (χ0) is 13.1. The number of halogens is 2. The molecule has 18 heavy (non-hydrogen) atoms. The van der Waals surface area contributed by atoms with Crippen molar-refractivity contribution in [1.82, 2.24) is 0 Å². The maximum absolute atomic E-state index is 13.7. The summed E-state index contributed by atoms with van der Waals surface area (Å²) in [6, 6.07) is 10.7. The Labute approximate surface area is 105 Å². The summed E-state index contributed by atoms with van der Waals surface area (Å²) in [5.74, 6) is -0.608. The van der Waals surface area contributed by atoms with E-state index in [1.807, 2.05) is 13.0 Å². The third-order valence-corrected chi connectivity index (χ3v) is 2.90. The molecule has 0 aromatic heterocycles. The van der Waals surface area contributed by atoms with Gasteiger partial charge in [-0.3, -0.25) is 0 Å². The number of nitrogens with two attached hydrogens (primary N) is 1. The van der Waals surface area contributed by atoms with Gasteiger partial charge < -0.3 is 5.73 Å². The Morgan fingerprint density at radius 1 is 1.11 bits per heavy atom. The molecular weight excluding hydrogens is 232 g/mol. The molecule has 0 amide bonds. The average Bonchev–Trinajstić information content (AvgIpc) is 2.28. The minimum atomic E-state index is -0.465. The lowest BCUT2D eigenvalue weighted by Gasteiger charge is -2.13.